The van der Waals surface area contributed by atoms with Crippen LogP contribution in [0.3, 0.4) is 0 Å². The van der Waals surface area contributed by atoms with E-state index in [0.29, 0.717) is 12.0 Å². The molecule has 0 amide bonds. The molecule has 1 aliphatic carbocycles. The van der Waals surface area contributed by atoms with Crippen LogP contribution in [0.25, 0.3) is 0 Å². The Bertz CT molecular complexity index is 301. The quantitative estimate of drug-likeness (QED) is 0.719. The third-order valence-corrected chi connectivity index (χ3v) is 5.55. The Kier molecular flexibility index (Phi) is 6.93. The molecular weight excluding hydrogens is 264 g/mol. The molecule has 0 aromatic heterocycles. The molecule has 3 unspecified atom stereocenters. The standard InChI is InChI=1S/C17H34N2O2/c1-3-9-18-17(14-20)8-5-6-15(17)7-10-19-11-12-21-13-16(19)4-2/h15-16,18,20H,3-14H2,1-2H3. The minimum Gasteiger partial charge on any atom is -0.394 e. The van der Waals surface area contributed by atoms with Crippen LogP contribution in [0.1, 0.15) is 52.4 Å². The van der Waals surface area contributed by atoms with E-state index in [1.165, 1.54) is 25.7 Å². The van der Waals surface area contributed by atoms with Crippen molar-refractivity contribution in [2.45, 2.75) is 64.0 Å². The zero-order chi connectivity index (χ0) is 15.1. The van der Waals surface area contributed by atoms with Crippen molar-refractivity contribution >= 4 is 0 Å². The lowest BCUT2D eigenvalue weighted by molar-refractivity contribution is -0.0132. The van der Waals surface area contributed by atoms with Gasteiger partial charge in [-0.25, -0.2) is 0 Å². The number of aliphatic hydroxyl groups excluding tert-OH is 1. The average Bonchev–Trinajstić information content (AvgIpc) is 2.94. The normalized spacial score (nSPS) is 34.4. The molecule has 2 fully saturated rings. The summed E-state index contributed by atoms with van der Waals surface area (Å²) in [6.07, 6.45) is 7.16. The van der Waals surface area contributed by atoms with Gasteiger partial charge in [0.2, 0.25) is 0 Å². The molecule has 2 N–H and O–H groups in total. The molecule has 0 spiro atoms. The lowest BCUT2D eigenvalue weighted by Gasteiger charge is -2.39. The highest BCUT2D eigenvalue weighted by Gasteiger charge is 2.41. The summed E-state index contributed by atoms with van der Waals surface area (Å²) in [5.41, 5.74) is -0.00991. The molecule has 3 atom stereocenters. The molecule has 2 aliphatic rings. The zero-order valence-corrected chi connectivity index (χ0v) is 13.9. The molecule has 2 rings (SSSR count). The minimum atomic E-state index is -0.00991. The first kappa shape index (κ1) is 17.2. The van der Waals surface area contributed by atoms with Crippen molar-refractivity contribution in [1.82, 2.24) is 10.2 Å². The van der Waals surface area contributed by atoms with Crippen LogP contribution in [0.4, 0.5) is 0 Å². The Morgan fingerprint density at radius 2 is 2.24 bits per heavy atom. The van der Waals surface area contributed by atoms with Gasteiger partial charge in [0.1, 0.15) is 0 Å². The molecule has 1 saturated carbocycles. The molecule has 1 heterocycles. The maximum absolute atomic E-state index is 9.95. The topological polar surface area (TPSA) is 44.7 Å². The molecular formula is C17H34N2O2. The Labute approximate surface area is 130 Å². The summed E-state index contributed by atoms with van der Waals surface area (Å²) in [4.78, 5) is 2.60. The Balaban J connectivity index is 1.88. The van der Waals surface area contributed by atoms with Crippen LogP contribution in [0.2, 0.25) is 0 Å². The summed E-state index contributed by atoms with van der Waals surface area (Å²) in [5, 5.41) is 13.6. The molecule has 21 heavy (non-hydrogen) atoms. The zero-order valence-electron chi connectivity index (χ0n) is 13.9. The van der Waals surface area contributed by atoms with Crippen LogP contribution in [-0.2, 0) is 4.74 Å². The summed E-state index contributed by atoms with van der Waals surface area (Å²) in [6, 6.07) is 0.590. The van der Waals surface area contributed by atoms with E-state index < -0.39 is 0 Å². The van der Waals surface area contributed by atoms with E-state index in [9.17, 15) is 5.11 Å². The summed E-state index contributed by atoms with van der Waals surface area (Å²) in [7, 11) is 0. The van der Waals surface area contributed by atoms with Crippen molar-refractivity contribution in [2.24, 2.45) is 5.92 Å². The van der Waals surface area contributed by atoms with Crippen LogP contribution in [0.15, 0.2) is 0 Å². The molecule has 0 aromatic carbocycles. The molecule has 1 aliphatic heterocycles. The minimum absolute atomic E-state index is 0.00991. The van der Waals surface area contributed by atoms with E-state index in [4.69, 9.17) is 4.74 Å². The molecule has 1 saturated heterocycles. The Morgan fingerprint density at radius 3 is 2.95 bits per heavy atom. The van der Waals surface area contributed by atoms with Crippen LogP contribution in [0, 0.1) is 5.92 Å². The fourth-order valence-corrected chi connectivity index (χ4v) is 4.12. The third-order valence-electron chi connectivity index (χ3n) is 5.55. The van der Waals surface area contributed by atoms with Crippen LogP contribution < -0.4 is 5.32 Å². The number of morpholine rings is 1. The second-order valence-corrected chi connectivity index (χ2v) is 6.79. The molecule has 4 nitrogen and oxygen atoms in total. The Hall–Kier alpha value is -0.160. The Morgan fingerprint density at radius 1 is 1.38 bits per heavy atom. The van der Waals surface area contributed by atoms with Crippen LogP contribution in [-0.4, -0.2) is 61.0 Å². The summed E-state index contributed by atoms with van der Waals surface area (Å²) in [5.74, 6) is 0.620. The predicted molar refractivity (Wildman–Crippen MR) is 86.5 cm³/mol. The van der Waals surface area contributed by atoms with Gasteiger partial charge in [-0.05, 0) is 51.1 Å². The van der Waals surface area contributed by atoms with Gasteiger partial charge in [0, 0.05) is 18.1 Å². The summed E-state index contributed by atoms with van der Waals surface area (Å²) in [6.45, 7) is 9.75. The van der Waals surface area contributed by atoms with E-state index in [-0.39, 0.29) is 12.1 Å². The maximum atomic E-state index is 9.95. The number of hydrogen-bond donors (Lipinski definition) is 2. The van der Waals surface area contributed by atoms with Crippen molar-refractivity contribution in [2.75, 3.05) is 39.5 Å². The first-order valence-electron chi connectivity index (χ1n) is 8.93. The van der Waals surface area contributed by atoms with Crippen molar-refractivity contribution in [3.05, 3.63) is 0 Å². The highest BCUT2D eigenvalue weighted by Crippen LogP contribution is 2.38. The van der Waals surface area contributed by atoms with Gasteiger partial charge in [0.15, 0.2) is 0 Å². The smallest absolute Gasteiger partial charge is 0.0622 e. The second-order valence-electron chi connectivity index (χ2n) is 6.79. The van der Waals surface area contributed by atoms with Crippen molar-refractivity contribution in [1.29, 1.82) is 0 Å². The van der Waals surface area contributed by atoms with Gasteiger partial charge in [0.05, 0.1) is 19.8 Å². The van der Waals surface area contributed by atoms with E-state index >= 15 is 0 Å². The highest BCUT2D eigenvalue weighted by molar-refractivity contribution is 4.99. The van der Waals surface area contributed by atoms with Gasteiger partial charge in [-0.15, -0.1) is 0 Å². The summed E-state index contributed by atoms with van der Waals surface area (Å²) >= 11 is 0. The number of nitrogens with zero attached hydrogens (tertiary/aromatic N) is 1. The van der Waals surface area contributed by atoms with Gasteiger partial charge in [0.25, 0.3) is 0 Å². The van der Waals surface area contributed by atoms with Gasteiger partial charge in [-0.2, -0.15) is 0 Å². The molecule has 0 aromatic rings. The number of rotatable bonds is 8. The monoisotopic (exact) mass is 298 g/mol. The van der Waals surface area contributed by atoms with Gasteiger partial charge < -0.3 is 15.2 Å². The highest BCUT2D eigenvalue weighted by atomic mass is 16.5. The first-order chi connectivity index (χ1) is 10.3. The van der Waals surface area contributed by atoms with Gasteiger partial charge in [-0.1, -0.05) is 20.3 Å². The maximum Gasteiger partial charge on any atom is 0.0622 e. The third kappa shape index (κ3) is 4.19. The lowest BCUT2D eigenvalue weighted by Crippen LogP contribution is -2.53. The fraction of sp³-hybridized carbons (Fsp3) is 1.00. The lowest BCUT2D eigenvalue weighted by atomic mass is 9.84. The predicted octanol–water partition coefficient (Wildman–Crippen LogP) is 2.02. The fourth-order valence-electron chi connectivity index (χ4n) is 4.12. The first-order valence-corrected chi connectivity index (χ1v) is 8.93. The number of nitrogens with one attached hydrogen (secondary N) is 1. The van der Waals surface area contributed by atoms with E-state index in [2.05, 4.69) is 24.1 Å². The van der Waals surface area contributed by atoms with E-state index in [1.807, 2.05) is 0 Å². The van der Waals surface area contributed by atoms with Gasteiger partial charge in [-0.3, -0.25) is 4.90 Å². The van der Waals surface area contributed by atoms with Crippen molar-refractivity contribution in [3.63, 3.8) is 0 Å². The van der Waals surface area contributed by atoms with Crippen LogP contribution in [0.5, 0.6) is 0 Å². The number of ether oxygens (including phenoxy) is 1. The molecule has 0 radical (unpaired) electrons. The average molecular weight is 298 g/mol. The van der Waals surface area contributed by atoms with E-state index in [1.54, 1.807) is 0 Å². The van der Waals surface area contributed by atoms with Crippen LogP contribution >= 0.6 is 0 Å². The molecule has 4 heteroatoms. The molecule has 124 valence electrons. The largest absolute Gasteiger partial charge is 0.394 e. The van der Waals surface area contributed by atoms with E-state index in [0.717, 1.165) is 45.7 Å². The van der Waals surface area contributed by atoms with Crippen molar-refractivity contribution in [3.8, 4) is 0 Å². The summed E-state index contributed by atoms with van der Waals surface area (Å²) < 4.78 is 5.60. The molecule has 0 bridgehead atoms. The number of hydrogen-bond acceptors (Lipinski definition) is 4. The second kappa shape index (κ2) is 8.47. The number of aliphatic hydroxyl groups is 1. The van der Waals surface area contributed by atoms with Crippen molar-refractivity contribution < 1.29 is 9.84 Å². The van der Waals surface area contributed by atoms with Gasteiger partial charge >= 0.3 is 0 Å². The SMILES string of the molecule is CCCNC1(CO)CCCC1CCN1CCOCC1CC.